The van der Waals surface area contributed by atoms with Crippen LogP contribution in [0, 0.1) is 12.7 Å². The standard InChI is InChI=1S/C12H15FN4O2S/c1-8-5-10(13)3-4-11(8)17-20(18,19)12-9(6-14-2)7-15-16-12/h3-5,7,14,17H,6H2,1-2H3,(H,15,16). The van der Waals surface area contributed by atoms with Crippen LogP contribution in [-0.4, -0.2) is 25.7 Å². The van der Waals surface area contributed by atoms with E-state index in [-0.39, 0.29) is 5.03 Å². The SMILES string of the molecule is CNCc1cn[nH]c1S(=O)(=O)Nc1ccc(F)cc1C. The van der Waals surface area contributed by atoms with Crippen molar-refractivity contribution in [2.75, 3.05) is 11.8 Å². The third-order valence-electron chi connectivity index (χ3n) is 2.75. The van der Waals surface area contributed by atoms with E-state index in [1.54, 1.807) is 14.0 Å². The summed E-state index contributed by atoms with van der Waals surface area (Å²) in [6.07, 6.45) is 1.45. The summed E-state index contributed by atoms with van der Waals surface area (Å²) in [5.41, 5.74) is 1.36. The van der Waals surface area contributed by atoms with Gasteiger partial charge in [0.25, 0.3) is 10.0 Å². The summed E-state index contributed by atoms with van der Waals surface area (Å²) < 4.78 is 40.0. The van der Waals surface area contributed by atoms with E-state index >= 15 is 0 Å². The number of nitrogens with zero attached hydrogens (tertiary/aromatic N) is 1. The maximum Gasteiger partial charge on any atom is 0.279 e. The molecule has 0 aliphatic carbocycles. The van der Waals surface area contributed by atoms with E-state index in [0.29, 0.717) is 23.4 Å². The normalized spacial score (nSPS) is 11.6. The first-order chi connectivity index (χ1) is 9.44. The number of H-pyrrole nitrogens is 1. The zero-order chi connectivity index (χ0) is 14.8. The van der Waals surface area contributed by atoms with Gasteiger partial charge in [-0.2, -0.15) is 13.5 Å². The second-order valence-corrected chi connectivity index (χ2v) is 5.94. The first-order valence-corrected chi connectivity index (χ1v) is 7.38. The molecule has 1 heterocycles. The molecule has 0 bridgehead atoms. The smallest absolute Gasteiger partial charge is 0.279 e. The lowest BCUT2D eigenvalue weighted by atomic mass is 10.2. The van der Waals surface area contributed by atoms with Gasteiger partial charge in [0.15, 0.2) is 5.03 Å². The second kappa shape index (κ2) is 5.59. The molecule has 20 heavy (non-hydrogen) atoms. The lowest BCUT2D eigenvalue weighted by Gasteiger charge is -2.10. The molecule has 2 rings (SSSR count). The predicted octanol–water partition coefficient (Wildman–Crippen LogP) is 1.38. The Bertz CT molecular complexity index is 712. The van der Waals surface area contributed by atoms with Crippen LogP contribution in [0.1, 0.15) is 11.1 Å². The maximum absolute atomic E-state index is 13.0. The molecular formula is C12H15FN4O2S. The van der Waals surface area contributed by atoms with Gasteiger partial charge in [-0.1, -0.05) is 0 Å². The zero-order valence-electron chi connectivity index (χ0n) is 11.1. The Balaban J connectivity index is 2.33. The van der Waals surface area contributed by atoms with Crippen LogP contribution in [0.25, 0.3) is 0 Å². The number of anilines is 1. The van der Waals surface area contributed by atoms with Gasteiger partial charge in [-0.15, -0.1) is 0 Å². The number of sulfonamides is 1. The van der Waals surface area contributed by atoms with Crippen LogP contribution >= 0.6 is 0 Å². The molecule has 0 fully saturated rings. The molecule has 1 aromatic carbocycles. The van der Waals surface area contributed by atoms with Crippen LogP contribution in [0.2, 0.25) is 0 Å². The Kier molecular flexibility index (Phi) is 4.05. The van der Waals surface area contributed by atoms with Gasteiger partial charge in [0.2, 0.25) is 0 Å². The van der Waals surface area contributed by atoms with Crippen LogP contribution < -0.4 is 10.0 Å². The van der Waals surface area contributed by atoms with E-state index in [4.69, 9.17) is 0 Å². The van der Waals surface area contributed by atoms with Crippen molar-refractivity contribution in [1.29, 1.82) is 0 Å². The van der Waals surface area contributed by atoms with Crippen molar-refractivity contribution in [3.63, 3.8) is 0 Å². The molecule has 0 spiro atoms. The number of aromatic amines is 1. The minimum atomic E-state index is -3.79. The molecule has 3 N–H and O–H groups in total. The maximum atomic E-state index is 13.0. The summed E-state index contributed by atoms with van der Waals surface area (Å²) >= 11 is 0. The lowest BCUT2D eigenvalue weighted by molar-refractivity contribution is 0.594. The van der Waals surface area contributed by atoms with Gasteiger partial charge in [0.05, 0.1) is 11.9 Å². The zero-order valence-corrected chi connectivity index (χ0v) is 11.9. The number of hydrogen-bond donors (Lipinski definition) is 3. The van der Waals surface area contributed by atoms with Crippen molar-refractivity contribution in [2.45, 2.75) is 18.5 Å². The van der Waals surface area contributed by atoms with Crippen LogP contribution in [0.3, 0.4) is 0 Å². The molecule has 1 aromatic heterocycles. The molecule has 0 unspecified atom stereocenters. The van der Waals surface area contributed by atoms with Gasteiger partial charge in [-0.25, -0.2) is 4.39 Å². The summed E-state index contributed by atoms with van der Waals surface area (Å²) in [7, 11) is -2.08. The molecule has 0 saturated heterocycles. The first kappa shape index (κ1) is 14.5. The molecule has 0 atom stereocenters. The van der Waals surface area contributed by atoms with Crippen LogP contribution in [0.15, 0.2) is 29.4 Å². The fraction of sp³-hybridized carbons (Fsp3) is 0.250. The highest BCUT2D eigenvalue weighted by molar-refractivity contribution is 7.92. The largest absolute Gasteiger partial charge is 0.316 e. The number of halogens is 1. The van der Waals surface area contributed by atoms with Crippen molar-refractivity contribution >= 4 is 15.7 Å². The van der Waals surface area contributed by atoms with Crippen LogP contribution in [0.5, 0.6) is 0 Å². The Morgan fingerprint density at radius 3 is 2.80 bits per heavy atom. The van der Waals surface area contributed by atoms with E-state index in [9.17, 15) is 12.8 Å². The quantitative estimate of drug-likeness (QED) is 0.778. The van der Waals surface area contributed by atoms with E-state index < -0.39 is 15.8 Å². The molecule has 8 heteroatoms. The third kappa shape index (κ3) is 2.97. The monoisotopic (exact) mass is 298 g/mol. The number of aromatic nitrogens is 2. The van der Waals surface area contributed by atoms with E-state index in [1.807, 2.05) is 0 Å². The van der Waals surface area contributed by atoms with Gasteiger partial charge in [-0.05, 0) is 37.7 Å². The van der Waals surface area contributed by atoms with Gasteiger partial charge in [0, 0.05) is 12.1 Å². The minimum absolute atomic E-state index is 0.00410. The van der Waals surface area contributed by atoms with Crippen LogP contribution in [-0.2, 0) is 16.6 Å². The van der Waals surface area contributed by atoms with Gasteiger partial charge in [0.1, 0.15) is 5.82 Å². The number of nitrogens with one attached hydrogen (secondary N) is 3. The molecule has 2 aromatic rings. The average molecular weight is 298 g/mol. The number of hydrogen-bond acceptors (Lipinski definition) is 4. The van der Waals surface area contributed by atoms with Crippen LogP contribution in [0.4, 0.5) is 10.1 Å². The molecule has 0 aliphatic rings. The van der Waals surface area contributed by atoms with Crippen molar-refractivity contribution in [3.05, 3.63) is 41.3 Å². The first-order valence-electron chi connectivity index (χ1n) is 5.90. The van der Waals surface area contributed by atoms with Gasteiger partial charge >= 0.3 is 0 Å². The van der Waals surface area contributed by atoms with Crippen molar-refractivity contribution in [3.8, 4) is 0 Å². The highest BCUT2D eigenvalue weighted by atomic mass is 32.2. The molecule has 0 amide bonds. The highest BCUT2D eigenvalue weighted by Gasteiger charge is 2.21. The van der Waals surface area contributed by atoms with E-state index in [2.05, 4.69) is 20.2 Å². The molecule has 0 saturated carbocycles. The van der Waals surface area contributed by atoms with E-state index in [1.165, 1.54) is 24.4 Å². The summed E-state index contributed by atoms with van der Waals surface area (Å²) in [5.74, 6) is -0.414. The Morgan fingerprint density at radius 2 is 2.15 bits per heavy atom. The predicted molar refractivity (Wildman–Crippen MR) is 73.3 cm³/mol. The topological polar surface area (TPSA) is 86.9 Å². The second-order valence-electron chi connectivity index (χ2n) is 4.32. The van der Waals surface area contributed by atoms with Crippen molar-refractivity contribution in [2.24, 2.45) is 0 Å². The number of aryl methyl sites for hydroxylation is 1. The summed E-state index contributed by atoms with van der Waals surface area (Å²) in [6.45, 7) is 2.00. The Labute approximate surface area is 116 Å². The molecule has 0 aliphatic heterocycles. The Hall–Kier alpha value is -1.93. The lowest BCUT2D eigenvalue weighted by Crippen LogP contribution is -2.17. The average Bonchev–Trinajstić information content (AvgIpc) is 2.82. The fourth-order valence-corrected chi connectivity index (χ4v) is 3.05. The summed E-state index contributed by atoms with van der Waals surface area (Å²) in [6, 6.07) is 3.85. The molecule has 6 nitrogen and oxygen atoms in total. The molecular weight excluding hydrogens is 283 g/mol. The van der Waals surface area contributed by atoms with Gasteiger partial charge < -0.3 is 5.32 Å². The summed E-state index contributed by atoms with van der Waals surface area (Å²) in [4.78, 5) is 0. The molecule has 108 valence electrons. The summed E-state index contributed by atoms with van der Waals surface area (Å²) in [5, 5.41) is 9.07. The minimum Gasteiger partial charge on any atom is -0.316 e. The van der Waals surface area contributed by atoms with Crippen molar-refractivity contribution in [1.82, 2.24) is 15.5 Å². The van der Waals surface area contributed by atoms with E-state index in [0.717, 1.165) is 0 Å². The van der Waals surface area contributed by atoms with Crippen molar-refractivity contribution < 1.29 is 12.8 Å². The fourth-order valence-electron chi connectivity index (χ4n) is 1.79. The third-order valence-corrected chi connectivity index (χ3v) is 4.13. The van der Waals surface area contributed by atoms with Gasteiger partial charge in [-0.3, -0.25) is 9.82 Å². The molecule has 0 radical (unpaired) electrons. The number of benzene rings is 1. The highest BCUT2D eigenvalue weighted by Crippen LogP contribution is 2.21. The Morgan fingerprint density at radius 1 is 1.40 bits per heavy atom. The number of rotatable bonds is 5.